The summed E-state index contributed by atoms with van der Waals surface area (Å²) in [5.74, 6) is 0.659. The number of amides is 1. The number of benzene rings is 2. The first-order valence-corrected chi connectivity index (χ1v) is 10.7. The van der Waals surface area contributed by atoms with Crippen LogP contribution in [0.1, 0.15) is 6.92 Å². The molecule has 140 valence electrons. The molecule has 0 spiro atoms. The maximum Gasteiger partial charge on any atom is 0.237 e. The number of thioether (sulfide) groups is 2. The Kier molecular flexibility index (Phi) is 6.46. The Morgan fingerprint density at radius 2 is 1.85 bits per heavy atom. The van der Waals surface area contributed by atoms with E-state index in [0.717, 1.165) is 22.0 Å². The number of hydrogen-bond donors (Lipinski definition) is 1. The van der Waals surface area contributed by atoms with Gasteiger partial charge in [-0.15, -0.1) is 22.0 Å². The van der Waals surface area contributed by atoms with E-state index in [1.807, 2.05) is 73.3 Å². The number of hydrogen-bond acceptors (Lipinski definition) is 5. The van der Waals surface area contributed by atoms with Crippen LogP contribution in [0, 0.1) is 0 Å². The summed E-state index contributed by atoms with van der Waals surface area (Å²) in [6, 6.07) is 15.2. The van der Waals surface area contributed by atoms with Crippen molar-refractivity contribution in [1.82, 2.24) is 14.8 Å². The molecular weight excluding hydrogens is 400 g/mol. The Hall–Kier alpha value is -1.96. The number of para-hydroxylation sites is 1. The molecule has 0 aliphatic heterocycles. The molecule has 1 aromatic heterocycles. The topological polar surface area (TPSA) is 59.8 Å². The van der Waals surface area contributed by atoms with Gasteiger partial charge in [0.2, 0.25) is 5.91 Å². The molecule has 8 heteroatoms. The lowest BCUT2D eigenvalue weighted by atomic mass is 10.2. The van der Waals surface area contributed by atoms with Gasteiger partial charge in [0.25, 0.3) is 0 Å². The second-order valence-electron chi connectivity index (χ2n) is 5.82. The predicted octanol–water partition coefficient (Wildman–Crippen LogP) is 4.98. The third kappa shape index (κ3) is 4.66. The van der Waals surface area contributed by atoms with Crippen LogP contribution in [0.3, 0.4) is 0 Å². The van der Waals surface area contributed by atoms with Crippen molar-refractivity contribution in [3.05, 3.63) is 53.6 Å². The summed E-state index contributed by atoms with van der Waals surface area (Å²) in [5.41, 5.74) is 1.74. The van der Waals surface area contributed by atoms with Crippen molar-refractivity contribution in [3.8, 4) is 11.4 Å². The van der Waals surface area contributed by atoms with Crippen LogP contribution in [-0.4, -0.2) is 32.2 Å². The number of rotatable bonds is 6. The van der Waals surface area contributed by atoms with Crippen LogP contribution < -0.4 is 5.32 Å². The number of carbonyl (C=O) groups is 1. The average Bonchev–Trinajstić information content (AvgIpc) is 3.03. The van der Waals surface area contributed by atoms with Crippen LogP contribution in [0.25, 0.3) is 11.4 Å². The van der Waals surface area contributed by atoms with Crippen molar-refractivity contribution < 1.29 is 4.79 Å². The Morgan fingerprint density at radius 1 is 1.15 bits per heavy atom. The first kappa shape index (κ1) is 19.8. The predicted molar refractivity (Wildman–Crippen MR) is 114 cm³/mol. The van der Waals surface area contributed by atoms with E-state index in [4.69, 9.17) is 11.6 Å². The first-order chi connectivity index (χ1) is 13.0. The minimum absolute atomic E-state index is 0.0717. The molecule has 0 saturated heterocycles. The summed E-state index contributed by atoms with van der Waals surface area (Å²) in [6.07, 6.45) is 1.99. The van der Waals surface area contributed by atoms with Crippen molar-refractivity contribution in [2.45, 2.75) is 22.2 Å². The molecule has 0 aliphatic rings. The maximum absolute atomic E-state index is 12.6. The number of aromatic nitrogens is 3. The second-order valence-corrected chi connectivity index (χ2v) is 8.41. The van der Waals surface area contributed by atoms with Crippen molar-refractivity contribution >= 4 is 46.7 Å². The molecule has 1 atom stereocenters. The molecule has 3 aromatic rings. The molecule has 0 bridgehead atoms. The van der Waals surface area contributed by atoms with Gasteiger partial charge >= 0.3 is 0 Å². The summed E-state index contributed by atoms with van der Waals surface area (Å²) in [7, 11) is 1.89. The lowest BCUT2D eigenvalue weighted by molar-refractivity contribution is -0.115. The monoisotopic (exact) mass is 418 g/mol. The first-order valence-electron chi connectivity index (χ1n) is 8.25. The summed E-state index contributed by atoms with van der Waals surface area (Å²) < 4.78 is 1.88. The molecule has 27 heavy (non-hydrogen) atoms. The van der Waals surface area contributed by atoms with Crippen LogP contribution in [0.15, 0.2) is 58.6 Å². The minimum Gasteiger partial charge on any atom is -0.324 e. The zero-order valence-corrected chi connectivity index (χ0v) is 17.5. The van der Waals surface area contributed by atoms with Crippen molar-refractivity contribution in [1.29, 1.82) is 0 Å². The SMILES string of the molecule is CSc1ccccc1NC(=O)C(C)Sc1nnc(-c2ccc(Cl)cc2)n1C. The van der Waals surface area contributed by atoms with Gasteiger partial charge in [0, 0.05) is 22.5 Å². The van der Waals surface area contributed by atoms with Gasteiger partial charge in [0.05, 0.1) is 10.9 Å². The lowest BCUT2D eigenvalue weighted by Crippen LogP contribution is -2.23. The summed E-state index contributed by atoms with van der Waals surface area (Å²) >= 11 is 8.92. The van der Waals surface area contributed by atoms with Crippen LogP contribution >= 0.6 is 35.1 Å². The lowest BCUT2D eigenvalue weighted by Gasteiger charge is -2.13. The fraction of sp³-hybridized carbons (Fsp3) is 0.211. The third-order valence-corrected chi connectivity index (χ3v) is 6.14. The van der Waals surface area contributed by atoms with Crippen LogP contribution in [0.4, 0.5) is 5.69 Å². The molecule has 1 N–H and O–H groups in total. The summed E-state index contributed by atoms with van der Waals surface area (Å²) in [4.78, 5) is 13.6. The number of carbonyl (C=O) groups excluding carboxylic acids is 1. The van der Waals surface area contributed by atoms with Crippen LogP contribution in [-0.2, 0) is 11.8 Å². The molecule has 0 saturated carbocycles. The van der Waals surface area contributed by atoms with Crippen molar-refractivity contribution in [2.75, 3.05) is 11.6 Å². The second kappa shape index (κ2) is 8.82. The number of nitrogens with zero attached hydrogens (tertiary/aromatic N) is 3. The zero-order valence-electron chi connectivity index (χ0n) is 15.1. The van der Waals surface area contributed by atoms with Gasteiger partial charge in [-0.2, -0.15) is 0 Å². The van der Waals surface area contributed by atoms with E-state index < -0.39 is 0 Å². The Labute approximate surface area is 171 Å². The molecule has 3 rings (SSSR count). The van der Waals surface area contributed by atoms with E-state index in [-0.39, 0.29) is 11.2 Å². The van der Waals surface area contributed by atoms with Gasteiger partial charge in [-0.05, 0) is 49.6 Å². The highest BCUT2D eigenvalue weighted by Gasteiger charge is 2.20. The number of anilines is 1. The number of nitrogens with one attached hydrogen (secondary N) is 1. The molecule has 1 unspecified atom stereocenters. The normalized spacial score (nSPS) is 12.0. The fourth-order valence-electron chi connectivity index (χ4n) is 2.46. The molecule has 0 aliphatic carbocycles. The molecule has 0 fully saturated rings. The fourth-order valence-corrected chi connectivity index (χ4v) is 3.96. The standard InChI is InChI=1S/C19H19ClN4OS2/c1-12(18(25)21-15-6-4-5-7-16(15)26-3)27-19-23-22-17(24(19)2)13-8-10-14(20)11-9-13/h4-12H,1-3H3,(H,21,25). The molecule has 1 heterocycles. The number of halogens is 1. The van der Waals surface area contributed by atoms with Gasteiger partial charge < -0.3 is 9.88 Å². The van der Waals surface area contributed by atoms with E-state index in [9.17, 15) is 4.79 Å². The largest absolute Gasteiger partial charge is 0.324 e. The van der Waals surface area contributed by atoms with E-state index in [2.05, 4.69) is 15.5 Å². The van der Waals surface area contributed by atoms with E-state index in [0.29, 0.717) is 10.2 Å². The van der Waals surface area contributed by atoms with Gasteiger partial charge in [0.15, 0.2) is 11.0 Å². The highest BCUT2D eigenvalue weighted by Crippen LogP contribution is 2.29. The van der Waals surface area contributed by atoms with E-state index in [1.54, 1.807) is 11.8 Å². The Bertz CT molecular complexity index is 943. The molecule has 1 amide bonds. The van der Waals surface area contributed by atoms with Crippen LogP contribution in [0.5, 0.6) is 0 Å². The minimum atomic E-state index is -0.319. The van der Waals surface area contributed by atoms with Gasteiger partial charge in [-0.3, -0.25) is 4.79 Å². The highest BCUT2D eigenvalue weighted by atomic mass is 35.5. The maximum atomic E-state index is 12.6. The van der Waals surface area contributed by atoms with Crippen molar-refractivity contribution in [2.24, 2.45) is 7.05 Å². The van der Waals surface area contributed by atoms with E-state index in [1.165, 1.54) is 11.8 Å². The summed E-state index contributed by atoms with van der Waals surface area (Å²) in [6.45, 7) is 1.86. The van der Waals surface area contributed by atoms with E-state index >= 15 is 0 Å². The van der Waals surface area contributed by atoms with Gasteiger partial charge in [0.1, 0.15) is 0 Å². The van der Waals surface area contributed by atoms with Gasteiger partial charge in [-0.25, -0.2) is 0 Å². The highest BCUT2D eigenvalue weighted by molar-refractivity contribution is 8.00. The Morgan fingerprint density at radius 3 is 2.56 bits per heavy atom. The zero-order chi connectivity index (χ0) is 19.4. The molecule has 0 radical (unpaired) electrons. The van der Waals surface area contributed by atoms with Gasteiger partial charge in [-0.1, -0.05) is 35.5 Å². The quantitative estimate of drug-likeness (QED) is 0.572. The Balaban J connectivity index is 1.71. The molecule has 5 nitrogen and oxygen atoms in total. The van der Waals surface area contributed by atoms with Crippen molar-refractivity contribution in [3.63, 3.8) is 0 Å². The third-order valence-electron chi connectivity index (χ3n) is 3.95. The smallest absolute Gasteiger partial charge is 0.237 e. The summed E-state index contributed by atoms with van der Waals surface area (Å²) in [5, 5.41) is 12.5. The van der Waals surface area contributed by atoms with Crippen LogP contribution in [0.2, 0.25) is 5.02 Å². The average molecular weight is 419 g/mol. The molecular formula is C19H19ClN4OS2. The molecule has 2 aromatic carbocycles.